The van der Waals surface area contributed by atoms with Crippen LogP contribution in [0.2, 0.25) is 0 Å². The van der Waals surface area contributed by atoms with Gasteiger partial charge in [-0.1, -0.05) is 52.3 Å². The molecule has 0 spiro atoms. The summed E-state index contributed by atoms with van der Waals surface area (Å²) >= 11 is 3.22. The van der Waals surface area contributed by atoms with Gasteiger partial charge in [0.2, 0.25) is 0 Å². The molecule has 13 nitrogen and oxygen atoms in total. The summed E-state index contributed by atoms with van der Waals surface area (Å²) < 4.78 is 26.5. The van der Waals surface area contributed by atoms with E-state index in [1.54, 1.807) is 58.9 Å². The van der Waals surface area contributed by atoms with E-state index in [0.29, 0.717) is 5.56 Å². The van der Waals surface area contributed by atoms with Crippen molar-refractivity contribution in [2.24, 2.45) is 0 Å². The second-order valence-corrected chi connectivity index (χ2v) is 11.8. The van der Waals surface area contributed by atoms with Gasteiger partial charge in [0, 0.05) is 12.5 Å². The number of alkyl carbamates (subject to hydrolysis) is 1. The van der Waals surface area contributed by atoms with Crippen molar-refractivity contribution in [3.63, 3.8) is 0 Å². The molecular formula is C31H39BrN2O11. The van der Waals surface area contributed by atoms with Gasteiger partial charge in [0.15, 0.2) is 11.9 Å². The summed E-state index contributed by atoms with van der Waals surface area (Å²) in [7, 11) is 0. The lowest BCUT2D eigenvalue weighted by atomic mass is 10.0. The van der Waals surface area contributed by atoms with Crippen molar-refractivity contribution in [2.45, 2.75) is 83.1 Å². The Balaban J connectivity index is 2.30. The molecule has 0 bridgehead atoms. The van der Waals surface area contributed by atoms with E-state index in [-0.39, 0.29) is 44.8 Å². The largest absolute Gasteiger partial charge is 0.472 e. The van der Waals surface area contributed by atoms with Gasteiger partial charge in [0.1, 0.15) is 23.1 Å². The maximum Gasteiger partial charge on any atom is 0.408 e. The SMILES string of the molecule is CCOC(=O)C(Br)CCC(Oc1ccc(C[C@H](NC(=O)OC(C)(C)C)C(=O)OCc2ccccc2)cc1[N+](=O)[O-])C(=O)OCC. The Labute approximate surface area is 270 Å². The van der Waals surface area contributed by atoms with Gasteiger partial charge in [-0.2, -0.15) is 0 Å². The monoisotopic (exact) mass is 694 g/mol. The lowest BCUT2D eigenvalue weighted by Gasteiger charge is -2.23. The number of halogens is 1. The molecule has 0 aromatic heterocycles. The van der Waals surface area contributed by atoms with Crippen molar-refractivity contribution in [3.05, 3.63) is 69.8 Å². The van der Waals surface area contributed by atoms with Crippen LogP contribution in [0.5, 0.6) is 5.75 Å². The van der Waals surface area contributed by atoms with Crippen molar-refractivity contribution >= 4 is 45.6 Å². The molecule has 0 aliphatic rings. The fourth-order valence-electron chi connectivity index (χ4n) is 3.90. The number of nitrogens with one attached hydrogen (secondary N) is 1. The summed E-state index contributed by atoms with van der Waals surface area (Å²) in [6.45, 7) is 8.42. The van der Waals surface area contributed by atoms with E-state index in [0.717, 1.165) is 5.56 Å². The smallest absolute Gasteiger partial charge is 0.408 e. The highest BCUT2D eigenvalue weighted by Gasteiger charge is 2.30. The zero-order chi connectivity index (χ0) is 33.6. The van der Waals surface area contributed by atoms with Gasteiger partial charge >= 0.3 is 29.7 Å². The van der Waals surface area contributed by atoms with Crippen molar-refractivity contribution in [3.8, 4) is 5.75 Å². The van der Waals surface area contributed by atoms with Gasteiger partial charge in [-0.3, -0.25) is 14.9 Å². The molecule has 3 atom stereocenters. The predicted molar refractivity (Wildman–Crippen MR) is 166 cm³/mol. The fourth-order valence-corrected chi connectivity index (χ4v) is 4.30. The molecule has 1 N–H and O–H groups in total. The maximum absolute atomic E-state index is 13.1. The summed E-state index contributed by atoms with van der Waals surface area (Å²) in [5, 5.41) is 14.5. The second-order valence-electron chi connectivity index (χ2n) is 10.7. The van der Waals surface area contributed by atoms with Gasteiger partial charge in [-0.15, -0.1) is 0 Å². The maximum atomic E-state index is 13.1. The van der Waals surface area contributed by atoms with Crippen LogP contribution in [-0.2, 0) is 46.4 Å². The molecule has 0 aliphatic heterocycles. The lowest BCUT2D eigenvalue weighted by molar-refractivity contribution is -0.386. The summed E-state index contributed by atoms with van der Waals surface area (Å²) in [5.41, 5.74) is -0.316. The number of nitrogens with zero attached hydrogens (tertiary/aromatic N) is 1. The minimum atomic E-state index is -1.27. The Morgan fingerprint density at radius 2 is 1.53 bits per heavy atom. The standard InChI is InChI=1S/C31H39BrN2O11/c1-6-41-27(35)22(32)14-16-26(29(37)42-7-2)44-25-15-13-21(18-24(25)34(39)40)17-23(33-30(38)45-31(3,4)5)28(36)43-19-20-11-9-8-10-12-20/h8-13,15,18,22-23,26H,6-7,14,16-17,19H2,1-5H3,(H,33,38)/t22?,23-,26?/m0/s1. The molecule has 2 rings (SSSR count). The fraction of sp³-hybridized carbons (Fsp3) is 0.484. The van der Waals surface area contributed by atoms with Crippen LogP contribution in [0.3, 0.4) is 0 Å². The van der Waals surface area contributed by atoms with Crippen LogP contribution in [0.25, 0.3) is 0 Å². The molecule has 0 radical (unpaired) electrons. The highest BCUT2D eigenvalue weighted by atomic mass is 79.9. The molecule has 2 aromatic rings. The lowest BCUT2D eigenvalue weighted by Crippen LogP contribution is -2.45. The molecule has 0 saturated carbocycles. The molecule has 0 heterocycles. The van der Waals surface area contributed by atoms with Crippen LogP contribution in [0.4, 0.5) is 10.5 Å². The van der Waals surface area contributed by atoms with E-state index >= 15 is 0 Å². The molecule has 246 valence electrons. The minimum absolute atomic E-state index is 0.0123. The van der Waals surface area contributed by atoms with Crippen LogP contribution >= 0.6 is 15.9 Å². The van der Waals surface area contributed by atoms with E-state index < -0.39 is 57.2 Å². The number of carbonyl (C=O) groups excluding carboxylic acids is 4. The Bertz CT molecular complexity index is 1310. The van der Waals surface area contributed by atoms with E-state index in [4.69, 9.17) is 23.7 Å². The predicted octanol–water partition coefficient (Wildman–Crippen LogP) is 5.19. The normalized spacial score (nSPS) is 13.0. The van der Waals surface area contributed by atoms with Gasteiger partial charge in [-0.05, 0) is 64.7 Å². The molecule has 0 aliphatic carbocycles. The number of ether oxygens (including phenoxy) is 5. The summed E-state index contributed by atoms with van der Waals surface area (Å²) in [4.78, 5) is 60.9. The van der Waals surface area contributed by atoms with Crippen LogP contribution in [-0.4, -0.2) is 64.7 Å². The number of carbonyl (C=O) groups is 4. The molecule has 0 fully saturated rings. The number of hydrogen-bond acceptors (Lipinski definition) is 11. The first-order valence-corrected chi connectivity index (χ1v) is 15.3. The molecule has 2 aromatic carbocycles. The number of alkyl halides is 1. The van der Waals surface area contributed by atoms with Gasteiger partial charge in [0.25, 0.3) is 0 Å². The van der Waals surface area contributed by atoms with E-state index in [1.165, 1.54) is 18.2 Å². The number of nitro benzene ring substituents is 1. The molecular weight excluding hydrogens is 656 g/mol. The van der Waals surface area contributed by atoms with Gasteiger partial charge in [0.05, 0.1) is 18.1 Å². The van der Waals surface area contributed by atoms with Crippen LogP contribution in [0.15, 0.2) is 48.5 Å². The topological polar surface area (TPSA) is 170 Å². The first kappa shape index (κ1) is 37.0. The second kappa shape index (κ2) is 17.9. The van der Waals surface area contributed by atoms with E-state index in [9.17, 15) is 29.3 Å². The first-order chi connectivity index (χ1) is 21.2. The van der Waals surface area contributed by atoms with Crippen LogP contribution in [0, 0.1) is 10.1 Å². The Hall–Kier alpha value is -4.20. The first-order valence-electron chi connectivity index (χ1n) is 14.3. The molecule has 45 heavy (non-hydrogen) atoms. The number of rotatable bonds is 16. The summed E-state index contributed by atoms with van der Waals surface area (Å²) in [5.74, 6) is -2.29. The van der Waals surface area contributed by atoms with Gasteiger partial charge in [-0.25, -0.2) is 14.4 Å². The average molecular weight is 696 g/mol. The van der Waals surface area contributed by atoms with Crippen molar-refractivity contribution in [1.82, 2.24) is 5.32 Å². The summed E-state index contributed by atoms with van der Waals surface area (Å²) in [6, 6.07) is 11.6. The van der Waals surface area contributed by atoms with Crippen LogP contribution in [0.1, 0.15) is 58.6 Å². The Kier molecular flexibility index (Phi) is 14.7. The van der Waals surface area contributed by atoms with Crippen molar-refractivity contribution in [2.75, 3.05) is 13.2 Å². The number of nitro groups is 1. The third-order valence-corrected chi connectivity index (χ3v) is 6.73. The zero-order valence-corrected chi connectivity index (χ0v) is 27.5. The highest BCUT2D eigenvalue weighted by Crippen LogP contribution is 2.31. The number of benzene rings is 2. The van der Waals surface area contributed by atoms with E-state index in [2.05, 4.69) is 21.2 Å². The highest BCUT2D eigenvalue weighted by molar-refractivity contribution is 9.10. The number of esters is 3. The minimum Gasteiger partial charge on any atom is -0.472 e. The quantitative estimate of drug-likeness (QED) is 0.0806. The van der Waals surface area contributed by atoms with Gasteiger partial charge < -0.3 is 29.0 Å². The Morgan fingerprint density at radius 3 is 2.13 bits per heavy atom. The van der Waals surface area contributed by atoms with E-state index in [1.807, 2.05) is 6.07 Å². The number of amides is 1. The molecule has 0 saturated heterocycles. The van der Waals surface area contributed by atoms with Crippen molar-refractivity contribution < 1.29 is 47.8 Å². The van der Waals surface area contributed by atoms with Crippen molar-refractivity contribution in [1.29, 1.82) is 0 Å². The third kappa shape index (κ3) is 13.1. The molecule has 2 unspecified atom stereocenters. The Morgan fingerprint density at radius 1 is 0.889 bits per heavy atom. The number of hydrogen-bond donors (Lipinski definition) is 1. The zero-order valence-electron chi connectivity index (χ0n) is 25.9. The molecule has 14 heteroatoms. The van der Waals surface area contributed by atoms with Crippen LogP contribution < -0.4 is 10.1 Å². The average Bonchev–Trinajstić information content (AvgIpc) is 2.97. The molecule has 1 amide bonds. The third-order valence-electron chi connectivity index (χ3n) is 5.90. The summed E-state index contributed by atoms with van der Waals surface area (Å²) in [6.07, 6.45) is -2.21.